The van der Waals surface area contributed by atoms with Crippen LogP contribution in [0, 0.1) is 5.92 Å². The van der Waals surface area contributed by atoms with E-state index >= 15 is 0 Å². The lowest BCUT2D eigenvalue weighted by Crippen LogP contribution is -2.29. The highest BCUT2D eigenvalue weighted by Crippen LogP contribution is 2.22. The molecule has 0 aliphatic carbocycles. The molecule has 1 aromatic rings. The highest BCUT2D eigenvalue weighted by atomic mass is 32.2. The van der Waals surface area contributed by atoms with E-state index in [0.29, 0.717) is 11.5 Å². The van der Waals surface area contributed by atoms with Gasteiger partial charge in [0.15, 0.2) is 0 Å². The van der Waals surface area contributed by atoms with Gasteiger partial charge in [0.2, 0.25) is 0 Å². The molecule has 2 rings (SSSR count). The molecular formula is C12H15NO2S. The zero-order valence-corrected chi connectivity index (χ0v) is 9.80. The van der Waals surface area contributed by atoms with Gasteiger partial charge in [0.25, 0.3) is 5.91 Å². The summed E-state index contributed by atoms with van der Waals surface area (Å²) in [6, 6.07) is 6.32. The second kappa shape index (κ2) is 5.25. The molecule has 1 aliphatic rings. The third kappa shape index (κ3) is 2.92. The number of hydrogen-bond acceptors (Lipinski definition) is 3. The van der Waals surface area contributed by atoms with E-state index < -0.39 is 0 Å². The van der Waals surface area contributed by atoms with Crippen molar-refractivity contribution in [1.29, 1.82) is 0 Å². The van der Waals surface area contributed by atoms with Crippen LogP contribution in [0.1, 0.15) is 16.8 Å². The van der Waals surface area contributed by atoms with Gasteiger partial charge in [0.05, 0.1) is 0 Å². The molecule has 1 fully saturated rings. The van der Waals surface area contributed by atoms with Gasteiger partial charge in [-0.05, 0) is 48.1 Å². The van der Waals surface area contributed by atoms with Gasteiger partial charge in [-0.25, -0.2) is 0 Å². The molecule has 0 bridgehead atoms. The van der Waals surface area contributed by atoms with E-state index in [-0.39, 0.29) is 11.7 Å². The van der Waals surface area contributed by atoms with Crippen molar-refractivity contribution < 1.29 is 9.90 Å². The number of aromatic hydroxyl groups is 1. The smallest absolute Gasteiger partial charge is 0.251 e. The Balaban J connectivity index is 1.85. The molecule has 1 atom stereocenters. The number of phenolic OH excluding ortho intramolecular Hbond substituents is 1. The summed E-state index contributed by atoms with van der Waals surface area (Å²) in [6.45, 7) is 0.757. The molecule has 4 heteroatoms. The first kappa shape index (κ1) is 11.3. The Kier molecular flexibility index (Phi) is 3.72. The van der Waals surface area contributed by atoms with E-state index in [1.165, 1.54) is 24.3 Å². The van der Waals surface area contributed by atoms with Gasteiger partial charge in [-0.1, -0.05) is 0 Å². The Bertz CT molecular complexity index is 358. The summed E-state index contributed by atoms with van der Waals surface area (Å²) in [6.07, 6.45) is 1.19. The van der Waals surface area contributed by atoms with Crippen molar-refractivity contribution in [3.63, 3.8) is 0 Å². The van der Waals surface area contributed by atoms with Gasteiger partial charge >= 0.3 is 0 Å². The SMILES string of the molecule is O=C(NCC1CCSC1)c1ccc(O)cc1. The summed E-state index contributed by atoms with van der Waals surface area (Å²) in [5.41, 5.74) is 0.600. The van der Waals surface area contributed by atoms with Gasteiger partial charge in [-0.3, -0.25) is 4.79 Å². The van der Waals surface area contributed by atoms with Crippen LogP contribution in [0.4, 0.5) is 0 Å². The third-order valence-corrected chi connectivity index (χ3v) is 3.94. The topological polar surface area (TPSA) is 49.3 Å². The minimum atomic E-state index is -0.0584. The molecule has 2 N–H and O–H groups in total. The molecule has 1 saturated heterocycles. The molecule has 1 heterocycles. The average Bonchev–Trinajstić information content (AvgIpc) is 2.80. The summed E-state index contributed by atoms with van der Waals surface area (Å²) < 4.78 is 0. The Labute approximate surface area is 99.2 Å². The van der Waals surface area contributed by atoms with E-state index in [0.717, 1.165) is 12.3 Å². The minimum absolute atomic E-state index is 0.0584. The molecule has 0 saturated carbocycles. The summed E-state index contributed by atoms with van der Waals surface area (Å²) >= 11 is 1.95. The van der Waals surface area contributed by atoms with Crippen molar-refractivity contribution >= 4 is 17.7 Å². The summed E-state index contributed by atoms with van der Waals surface area (Å²) in [4.78, 5) is 11.7. The fourth-order valence-electron chi connectivity index (χ4n) is 1.70. The Hall–Kier alpha value is -1.16. The standard InChI is InChI=1S/C12H15NO2S/c14-11-3-1-10(2-4-11)12(15)13-7-9-5-6-16-8-9/h1-4,9,14H,5-8H2,(H,13,15). The van der Waals surface area contributed by atoms with Gasteiger partial charge in [0.1, 0.15) is 5.75 Å². The lowest BCUT2D eigenvalue weighted by atomic mass is 10.1. The molecule has 0 aromatic heterocycles. The van der Waals surface area contributed by atoms with Crippen molar-refractivity contribution in [2.24, 2.45) is 5.92 Å². The number of rotatable bonds is 3. The van der Waals surface area contributed by atoms with Gasteiger partial charge in [-0.2, -0.15) is 11.8 Å². The maximum absolute atomic E-state index is 11.7. The number of carbonyl (C=O) groups excluding carboxylic acids is 1. The lowest BCUT2D eigenvalue weighted by Gasteiger charge is -2.09. The Morgan fingerprint density at radius 1 is 1.44 bits per heavy atom. The molecule has 1 aliphatic heterocycles. The number of benzene rings is 1. The van der Waals surface area contributed by atoms with Crippen molar-refractivity contribution in [2.75, 3.05) is 18.1 Å². The third-order valence-electron chi connectivity index (χ3n) is 2.70. The average molecular weight is 237 g/mol. The van der Waals surface area contributed by atoms with E-state index in [9.17, 15) is 4.79 Å². The normalized spacial score (nSPS) is 19.6. The first-order valence-corrected chi connectivity index (χ1v) is 6.56. The number of thioether (sulfide) groups is 1. The van der Waals surface area contributed by atoms with E-state index in [2.05, 4.69) is 5.32 Å². The zero-order valence-electron chi connectivity index (χ0n) is 8.98. The first-order chi connectivity index (χ1) is 7.75. The van der Waals surface area contributed by atoms with Crippen molar-refractivity contribution in [3.05, 3.63) is 29.8 Å². The zero-order chi connectivity index (χ0) is 11.4. The van der Waals surface area contributed by atoms with Crippen molar-refractivity contribution in [1.82, 2.24) is 5.32 Å². The predicted octanol–water partition coefficient (Wildman–Crippen LogP) is 1.88. The van der Waals surface area contributed by atoms with Gasteiger partial charge in [-0.15, -0.1) is 0 Å². The number of amides is 1. The van der Waals surface area contributed by atoms with Gasteiger partial charge in [0, 0.05) is 12.1 Å². The molecular weight excluding hydrogens is 222 g/mol. The summed E-state index contributed by atoms with van der Waals surface area (Å²) in [5, 5.41) is 12.0. The number of phenols is 1. The van der Waals surface area contributed by atoms with Crippen LogP contribution in [-0.4, -0.2) is 29.1 Å². The van der Waals surface area contributed by atoms with Crippen LogP contribution in [-0.2, 0) is 0 Å². The Morgan fingerprint density at radius 2 is 2.19 bits per heavy atom. The highest BCUT2D eigenvalue weighted by Gasteiger charge is 2.16. The molecule has 86 valence electrons. The van der Waals surface area contributed by atoms with Crippen LogP contribution in [0.2, 0.25) is 0 Å². The van der Waals surface area contributed by atoms with Crippen LogP contribution in [0.15, 0.2) is 24.3 Å². The second-order valence-electron chi connectivity index (χ2n) is 3.99. The van der Waals surface area contributed by atoms with E-state index in [1.807, 2.05) is 11.8 Å². The van der Waals surface area contributed by atoms with Gasteiger partial charge < -0.3 is 10.4 Å². The molecule has 1 unspecified atom stereocenters. The number of carbonyl (C=O) groups is 1. The molecule has 0 radical (unpaired) electrons. The molecule has 3 nitrogen and oxygen atoms in total. The lowest BCUT2D eigenvalue weighted by molar-refractivity contribution is 0.0948. The molecule has 16 heavy (non-hydrogen) atoms. The maximum atomic E-state index is 11.7. The van der Waals surface area contributed by atoms with E-state index in [1.54, 1.807) is 12.1 Å². The Morgan fingerprint density at radius 3 is 2.81 bits per heavy atom. The van der Waals surface area contributed by atoms with Crippen LogP contribution in [0.3, 0.4) is 0 Å². The summed E-state index contributed by atoms with van der Waals surface area (Å²) in [7, 11) is 0. The summed E-state index contributed by atoms with van der Waals surface area (Å²) in [5.74, 6) is 3.10. The fourth-order valence-corrected chi connectivity index (χ4v) is 2.98. The van der Waals surface area contributed by atoms with Crippen LogP contribution in [0.25, 0.3) is 0 Å². The second-order valence-corrected chi connectivity index (χ2v) is 5.14. The van der Waals surface area contributed by atoms with Crippen LogP contribution < -0.4 is 5.32 Å². The largest absolute Gasteiger partial charge is 0.508 e. The number of nitrogens with one attached hydrogen (secondary N) is 1. The van der Waals surface area contributed by atoms with Crippen LogP contribution >= 0.6 is 11.8 Å². The predicted molar refractivity (Wildman–Crippen MR) is 65.9 cm³/mol. The van der Waals surface area contributed by atoms with Crippen LogP contribution in [0.5, 0.6) is 5.75 Å². The number of hydrogen-bond donors (Lipinski definition) is 2. The van der Waals surface area contributed by atoms with E-state index in [4.69, 9.17) is 5.11 Å². The molecule has 1 amide bonds. The van der Waals surface area contributed by atoms with Crippen molar-refractivity contribution in [3.8, 4) is 5.75 Å². The minimum Gasteiger partial charge on any atom is -0.508 e. The first-order valence-electron chi connectivity index (χ1n) is 5.40. The molecule has 1 aromatic carbocycles. The monoisotopic (exact) mass is 237 g/mol. The van der Waals surface area contributed by atoms with Crippen molar-refractivity contribution in [2.45, 2.75) is 6.42 Å². The highest BCUT2D eigenvalue weighted by molar-refractivity contribution is 7.99. The fraction of sp³-hybridized carbons (Fsp3) is 0.417. The molecule has 0 spiro atoms. The quantitative estimate of drug-likeness (QED) is 0.844. The maximum Gasteiger partial charge on any atom is 0.251 e.